The van der Waals surface area contributed by atoms with Crippen LogP contribution in [-0.4, -0.2) is 4.21 Å². The minimum absolute atomic E-state index is 0.572. The Hall–Kier alpha value is -0.930. The van der Waals surface area contributed by atoms with Gasteiger partial charge in [0.15, 0.2) is 0 Å². The van der Waals surface area contributed by atoms with Crippen molar-refractivity contribution in [2.24, 2.45) is 0 Å². The molecule has 2 aromatic rings. The van der Waals surface area contributed by atoms with Crippen molar-refractivity contribution in [2.75, 3.05) is 0 Å². The van der Waals surface area contributed by atoms with Crippen LogP contribution in [0.4, 0.5) is 0 Å². The molecule has 0 heterocycles. The van der Waals surface area contributed by atoms with Crippen LogP contribution in [0.25, 0.3) is 0 Å². The van der Waals surface area contributed by atoms with Gasteiger partial charge in [0, 0.05) is 9.37 Å². The summed E-state index contributed by atoms with van der Waals surface area (Å²) >= 11 is 3.36. The predicted octanol–water partition coefficient (Wildman–Crippen LogP) is 3.76. The molecule has 0 saturated heterocycles. The molecule has 0 spiro atoms. The zero-order valence-corrected chi connectivity index (χ0v) is 11.0. The lowest BCUT2D eigenvalue weighted by Crippen LogP contribution is -1.95. The average Bonchev–Trinajstić information content (AvgIpc) is 2.31. The van der Waals surface area contributed by atoms with Crippen molar-refractivity contribution < 1.29 is 4.21 Å². The molecule has 2 aromatic carbocycles. The maximum Gasteiger partial charge on any atom is 0.0574 e. The summed E-state index contributed by atoms with van der Waals surface area (Å²) in [4.78, 5) is 0.868. The summed E-state index contributed by atoms with van der Waals surface area (Å²) < 4.78 is 13.0. The van der Waals surface area contributed by atoms with E-state index in [0.29, 0.717) is 5.75 Å². The fourth-order valence-electron chi connectivity index (χ4n) is 1.40. The van der Waals surface area contributed by atoms with Crippen LogP contribution in [0.5, 0.6) is 0 Å². The molecular weight excluding hydrogens is 284 g/mol. The van der Waals surface area contributed by atoms with Gasteiger partial charge in [-0.05, 0) is 29.8 Å². The Morgan fingerprint density at radius 2 is 1.56 bits per heavy atom. The molecule has 3 heteroatoms. The molecule has 0 amide bonds. The molecule has 0 aromatic heterocycles. The smallest absolute Gasteiger partial charge is 0.0574 e. The Bertz CT molecular complexity index is 479. The van der Waals surface area contributed by atoms with Crippen LogP contribution >= 0.6 is 15.9 Å². The maximum atomic E-state index is 12.0. The Morgan fingerprint density at radius 1 is 0.938 bits per heavy atom. The largest absolute Gasteiger partial charge is 0.254 e. The number of hydrogen-bond acceptors (Lipinski definition) is 1. The Labute approximate surface area is 106 Å². The summed E-state index contributed by atoms with van der Waals surface area (Å²) in [6.45, 7) is 0. The summed E-state index contributed by atoms with van der Waals surface area (Å²) in [5, 5.41) is 0. The van der Waals surface area contributed by atoms with Gasteiger partial charge in [-0.25, -0.2) is 0 Å². The third-order valence-corrected chi connectivity index (χ3v) is 4.14. The average molecular weight is 295 g/mol. The van der Waals surface area contributed by atoms with E-state index in [4.69, 9.17) is 0 Å². The SMILES string of the molecule is O=[S@@](Cc1ccccc1)c1ccc(Br)cc1. The topological polar surface area (TPSA) is 17.1 Å². The van der Waals surface area contributed by atoms with E-state index in [2.05, 4.69) is 15.9 Å². The van der Waals surface area contributed by atoms with Crippen molar-refractivity contribution in [3.05, 3.63) is 64.6 Å². The number of hydrogen-bond donors (Lipinski definition) is 0. The van der Waals surface area contributed by atoms with Gasteiger partial charge in [-0.15, -0.1) is 0 Å². The molecule has 1 atom stereocenters. The first-order valence-electron chi connectivity index (χ1n) is 4.93. The standard InChI is InChI=1S/C13H11BrOS/c14-12-6-8-13(9-7-12)16(15)10-11-4-2-1-3-5-11/h1-9H,10H2/t16-/m0/s1. The van der Waals surface area contributed by atoms with Gasteiger partial charge in [0.25, 0.3) is 0 Å². The first-order valence-corrected chi connectivity index (χ1v) is 7.05. The molecular formula is C13H11BrOS. The van der Waals surface area contributed by atoms with Crippen LogP contribution in [0.2, 0.25) is 0 Å². The zero-order valence-electron chi connectivity index (χ0n) is 8.60. The molecule has 0 fully saturated rings. The van der Waals surface area contributed by atoms with E-state index in [1.807, 2.05) is 54.6 Å². The second kappa shape index (κ2) is 5.41. The van der Waals surface area contributed by atoms with Crippen LogP contribution < -0.4 is 0 Å². The van der Waals surface area contributed by atoms with Gasteiger partial charge in [0.05, 0.1) is 16.6 Å². The third-order valence-electron chi connectivity index (χ3n) is 2.22. The first kappa shape index (κ1) is 11.6. The van der Waals surface area contributed by atoms with E-state index in [1.54, 1.807) is 0 Å². The van der Waals surface area contributed by atoms with Crippen LogP contribution in [0.3, 0.4) is 0 Å². The molecule has 1 nitrogen and oxygen atoms in total. The molecule has 0 bridgehead atoms. The predicted molar refractivity (Wildman–Crippen MR) is 70.7 cm³/mol. The van der Waals surface area contributed by atoms with Crippen LogP contribution in [0, 0.1) is 0 Å². The highest BCUT2D eigenvalue weighted by molar-refractivity contribution is 9.10. The van der Waals surface area contributed by atoms with E-state index < -0.39 is 10.8 Å². The second-order valence-corrected chi connectivity index (χ2v) is 5.80. The highest BCUT2D eigenvalue weighted by Gasteiger charge is 2.04. The van der Waals surface area contributed by atoms with Gasteiger partial charge >= 0.3 is 0 Å². The van der Waals surface area contributed by atoms with Crippen LogP contribution in [0.1, 0.15) is 5.56 Å². The molecule has 0 N–H and O–H groups in total. The monoisotopic (exact) mass is 294 g/mol. The van der Waals surface area contributed by atoms with E-state index in [9.17, 15) is 4.21 Å². The summed E-state index contributed by atoms with van der Waals surface area (Å²) in [5.74, 6) is 0.572. The lowest BCUT2D eigenvalue weighted by atomic mass is 10.2. The third kappa shape index (κ3) is 3.03. The Morgan fingerprint density at radius 3 is 2.19 bits per heavy atom. The lowest BCUT2D eigenvalue weighted by molar-refractivity contribution is 0.682. The van der Waals surface area contributed by atoms with E-state index >= 15 is 0 Å². The van der Waals surface area contributed by atoms with Crippen molar-refractivity contribution in [1.29, 1.82) is 0 Å². The maximum absolute atomic E-state index is 12.0. The summed E-state index contributed by atoms with van der Waals surface area (Å²) in [7, 11) is -0.963. The highest BCUT2D eigenvalue weighted by atomic mass is 79.9. The molecule has 0 aliphatic rings. The van der Waals surface area contributed by atoms with Crippen molar-refractivity contribution in [3.8, 4) is 0 Å². The second-order valence-electron chi connectivity index (χ2n) is 3.43. The van der Waals surface area contributed by atoms with Crippen LogP contribution in [0.15, 0.2) is 64.0 Å². The van der Waals surface area contributed by atoms with Gasteiger partial charge in [-0.2, -0.15) is 0 Å². The quantitative estimate of drug-likeness (QED) is 0.842. The molecule has 16 heavy (non-hydrogen) atoms. The van der Waals surface area contributed by atoms with Gasteiger partial charge in [-0.1, -0.05) is 46.3 Å². The van der Waals surface area contributed by atoms with E-state index in [-0.39, 0.29) is 0 Å². The minimum Gasteiger partial charge on any atom is -0.254 e. The summed E-state index contributed by atoms with van der Waals surface area (Å²) in [6, 6.07) is 17.5. The molecule has 2 rings (SSSR count). The van der Waals surface area contributed by atoms with Crippen molar-refractivity contribution in [3.63, 3.8) is 0 Å². The van der Waals surface area contributed by atoms with Gasteiger partial charge < -0.3 is 0 Å². The van der Waals surface area contributed by atoms with Gasteiger partial charge in [-0.3, -0.25) is 4.21 Å². The number of benzene rings is 2. The lowest BCUT2D eigenvalue weighted by Gasteiger charge is -2.02. The highest BCUT2D eigenvalue weighted by Crippen LogP contribution is 2.16. The molecule has 82 valence electrons. The zero-order chi connectivity index (χ0) is 11.4. The molecule has 0 aliphatic heterocycles. The van der Waals surface area contributed by atoms with Gasteiger partial charge in [0.2, 0.25) is 0 Å². The molecule has 0 saturated carbocycles. The summed E-state index contributed by atoms with van der Waals surface area (Å²) in [6.07, 6.45) is 0. The van der Waals surface area contributed by atoms with Gasteiger partial charge in [0.1, 0.15) is 0 Å². The molecule has 0 radical (unpaired) electrons. The number of halogens is 1. The van der Waals surface area contributed by atoms with Crippen molar-refractivity contribution >= 4 is 26.7 Å². The summed E-state index contributed by atoms with van der Waals surface area (Å²) in [5.41, 5.74) is 1.10. The van der Waals surface area contributed by atoms with Crippen molar-refractivity contribution in [2.45, 2.75) is 10.6 Å². The molecule has 0 unspecified atom stereocenters. The van der Waals surface area contributed by atoms with Crippen LogP contribution in [-0.2, 0) is 16.6 Å². The Kier molecular flexibility index (Phi) is 3.91. The van der Waals surface area contributed by atoms with Crippen molar-refractivity contribution in [1.82, 2.24) is 0 Å². The minimum atomic E-state index is -0.963. The Balaban J connectivity index is 2.12. The fourth-order valence-corrected chi connectivity index (χ4v) is 2.76. The molecule has 0 aliphatic carbocycles. The normalized spacial score (nSPS) is 12.3. The fraction of sp³-hybridized carbons (Fsp3) is 0.0769. The first-order chi connectivity index (χ1) is 7.75. The van der Waals surface area contributed by atoms with E-state index in [0.717, 1.165) is 14.9 Å². The number of rotatable bonds is 3. The van der Waals surface area contributed by atoms with E-state index in [1.165, 1.54) is 0 Å².